The Kier molecular flexibility index (Phi) is 1.58. The molecule has 2 aliphatic rings. The normalized spacial score (nSPS) is 38.5. The summed E-state index contributed by atoms with van der Waals surface area (Å²) in [7, 11) is 1.84. The van der Waals surface area contributed by atoms with Crippen molar-refractivity contribution in [3.05, 3.63) is 0 Å². The highest BCUT2D eigenvalue weighted by Gasteiger charge is 2.35. The van der Waals surface area contributed by atoms with E-state index in [1.54, 1.807) is 5.01 Å². The van der Waals surface area contributed by atoms with E-state index in [0.29, 0.717) is 0 Å². The molecule has 0 spiro atoms. The van der Waals surface area contributed by atoms with E-state index in [1.807, 2.05) is 7.05 Å². The van der Waals surface area contributed by atoms with Gasteiger partial charge in [0, 0.05) is 7.05 Å². The van der Waals surface area contributed by atoms with E-state index >= 15 is 0 Å². The maximum Gasteiger partial charge on any atom is 0.263 e. The lowest BCUT2D eigenvalue weighted by molar-refractivity contribution is -0.192. The lowest BCUT2D eigenvalue weighted by Gasteiger charge is -2.40. The van der Waals surface area contributed by atoms with E-state index in [4.69, 9.17) is 4.74 Å². The first-order valence-electron chi connectivity index (χ1n) is 3.96. The zero-order valence-electron chi connectivity index (χ0n) is 6.54. The van der Waals surface area contributed by atoms with Crippen molar-refractivity contribution in [2.75, 3.05) is 7.05 Å². The average molecular weight is 156 g/mol. The third kappa shape index (κ3) is 1.12. The molecule has 2 rings (SSSR count). The molecule has 0 aromatic carbocycles. The first kappa shape index (κ1) is 7.06. The highest BCUT2D eigenvalue weighted by atomic mass is 16.5. The second-order valence-electron chi connectivity index (χ2n) is 3.10. The minimum absolute atomic E-state index is 0.00319. The number of fused-ring (bicyclic) bond motifs is 2. The average Bonchev–Trinajstić information content (AvgIpc) is 2.02. The van der Waals surface area contributed by atoms with E-state index in [1.165, 1.54) is 0 Å². The number of nitrogens with one attached hydrogen (secondary N) is 1. The Labute approximate surface area is 65.5 Å². The Balaban J connectivity index is 2.11. The summed E-state index contributed by atoms with van der Waals surface area (Å²) in [4.78, 5) is 11.1. The molecule has 0 aromatic rings. The maximum atomic E-state index is 11.1. The maximum absolute atomic E-state index is 11.1. The van der Waals surface area contributed by atoms with Gasteiger partial charge in [0.15, 0.2) is 0 Å². The molecule has 2 unspecified atom stereocenters. The van der Waals surface area contributed by atoms with Crippen molar-refractivity contribution in [2.45, 2.75) is 31.6 Å². The molecule has 2 fully saturated rings. The Morgan fingerprint density at radius 2 is 2.45 bits per heavy atom. The molecular formula is C7H12N2O2. The van der Waals surface area contributed by atoms with Gasteiger partial charge >= 0.3 is 0 Å². The number of hydrogen-bond donors (Lipinski definition) is 1. The molecule has 0 radical (unpaired) electrons. The Morgan fingerprint density at radius 1 is 1.64 bits per heavy atom. The number of amides is 1. The lowest BCUT2D eigenvalue weighted by atomic mass is 10.1. The highest BCUT2D eigenvalue weighted by molar-refractivity contribution is 5.80. The van der Waals surface area contributed by atoms with Crippen LogP contribution in [0, 0.1) is 0 Å². The summed E-state index contributed by atoms with van der Waals surface area (Å²) in [5.74, 6) is 0.00319. The summed E-state index contributed by atoms with van der Waals surface area (Å²) >= 11 is 0. The number of carbonyl (C=O) groups excluding carboxylic acids is 1. The number of hydrazine groups is 1. The van der Waals surface area contributed by atoms with Crippen molar-refractivity contribution in [1.29, 1.82) is 0 Å². The van der Waals surface area contributed by atoms with Crippen LogP contribution < -0.4 is 5.43 Å². The van der Waals surface area contributed by atoms with Crippen LogP contribution in [0.15, 0.2) is 0 Å². The molecule has 0 saturated carbocycles. The van der Waals surface area contributed by atoms with Gasteiger partial charge in [0.2, 0.25) is 0 Å². The molecule has 0 aliphatic carbocycles. The van der Waals surface area contributed by atoms with Gasteiger partial charge in [-0.25, -0.2) is 0 Å². The molecule has 2 heterocycles. The molecule has 2 atom stereocenters. The van der Waals surface area contributed by atoms with Crippen LogP contribution in [0.5, 0.6) is 0 Å². The second-order valence-corrected chi connectivity index (χ2v) is 3.10. The molecule has 0 aromatic heterocycles. The fourth-order valence-electron chi connectivity index (χ4n) is 1.60. The summed E-state index contributed by atoms with van der Waals surface area (Å²) in [6.45, 7) is 0. The van der Waals surface area contributed by atoms with Crippen LogP contribution in [0.1, 0.15) is 19.3 Å². The van der Waals surface area contributed by atoms with Crippen LogP contribution >= 0.6 is 0 Å². The van der Waals surface area contributed by atoms with Crippen molar-refractivity contribution < 1.29 is 9.53 Å². The minimum Gasteiger partial charge on any atom is -0.348 e. The van der Waals surface area contributed by atoms with Gasteiger partial charge in [0.05, 0.1) is 0 Å². The van der Waals surface area contributed by atoms with Crippen LogP contribution in [-0.4, -0.2) is 30.3 Å². The third-order valence-electron chi connectivity index (χ3n) is 2.25. The quantitative estimate of drug-likeness (QED) is 0.530. The predicted octanol–water partition coefficient (Wildman–Crippen LogP) is -0.142. The summed E-state index contributed by atoms with van der Waals surface area (Å²) in [5.41, 5.74) is 2.75. The number of rotatable bonds is 0. The van der Waals surface area contributed by atoms with Gasteiger partial charge in [-0.05, 0) is 19.3 Å². The van der Waals surface area contributed by atoms with E-state index < -0.39 is 0 Å². The van der Waals surface area contributed by atoms with Gasteiger partial charge in [0.25, 0.3) is 5.91 Å². The minimum atomic E-state index is -0.190. The Hall–Kier alpha value is -0.610. The fraction of sp³-hybridized carbons (Fsp3) is 0.857. The van der Waals surface area contributed by atoms with Crippen molar-refractivity contribution in [3.63, 3.8) is 0 Å². The van der Waals surface area contributed by atoms with E-state index in [0.717, 1.165) is 19.3 Å². The molecule has 11 heavy (non-hydrogen) atoms. The summed E-state index contributed by atoms with van der Waals surface area (Å²) in [6.07, 6.45) is 2.90. The molecule has 62 valence electrons. The van der Waals surface area contributed by atoms with Crippen molar-refractivity contribution in [2.24, 2.45) is 0 Å². The predicted molar refractivity (Wildman–Crippen MR) is 38.4 cm³/mol. The topological polar surface area (TPSA) is 41.6 Å². The molecule has 2 bridgehead atoms. The highest BCUT2D eigenvalue weighted by Crippen LogP contribution is 2.23. The third-order valence-corrected chi connectivity index (χ3v) is 2.25. The summed E-state index contributed by atoms with van der Waals surface area (Å²) in [5, 5.41) is 1.75. The molecule has 4 heteroatoms. The number of ether oxygens (including phenoxy) is 1. The lowest BCUT2D eigenvalue weighted by Crippen LogP contribution is -2.59. The van der Waals surface area contributed by atoms with Gasteiger partial charge in [-0.1, -0.05) is 0 Å². The van der Waals surface area contributed by atoms with Gasteiger partial charge in [0.1, 0.15) is 12.3 Å². The number of hydrogen-bond acceptors (Lipinski definition) is 3. The second kappa shape index (κ2) is 2.46. The van der Waals surface area contributed by atoms with Gasteiger partial charge in [-0.2, -0.15) is 5.01 Å². The monoisotopic (exact) mass is 156 g/mol. The van der Waals surface area contributed by atoms with Crippen LogP contribution in [0.4, 0.5) is 0 Å². The molecule has 2 saturated heterocycles. The standard InChI is InChI=1S/C7H12N2O2/c1-9-6-4-2-3-5(11-6)7(10)8-9/h5-6H,2-4H2,1H3,(H,8,10). The van der Waals surface area contributed by atoms with Crippen LogP contribution in [0.3, 0.4) is 0 Å². The number of carbonyl (C=O) groups is 1. The van der Waals surface area contributed by atoms with Crippen molar-refractivity contribution >= 4 is 5.91 Å². The molecule has 2 aliphatic heterocycles. The van der Waals surface area contributed by atoms with Gasteiger partial charge < -0.3 is 4.74 Å². The first-order chi connectivity index (χ1) is 5.27. The SMILES string of the molecule is CN1NC(=O)C2CCCC1O2. The molecule has 1 N–H and O–H groups in total. The van der Waals surface area contributed by atoms with Gasteiger partial charge in [-0.3, -0.25) is 10.2 Å². The van der Waals surface area contributed by atoms with Crippen molar-refractivity contribution in [1.82, 2.24) is 10.4 Å². The first-order valence-corrected chi connectivity index (χ1v) is 3.96. The Morgan fingerprint density at radius 3 is 3.27 bits per heavy atom. The molecule has 1 amide bonds. The van der Waals surface area contributed by atoms with E-state index in [-0.39, 0.29) is 18.2 Å². The smallest absolute Gasteiger partial charge is 0.263 e. The zero-order chi connectivity index (χ0) is 7.84. The summed E-state index contributed by atoms with van der Waals surface area (Å²) < 4.78 is 5.46. The summed E-state index contributed by atoms with van der Waals surface area (Å²) in [6, 6.07) is 0. The number of nitrogens with zero attached hydrogens (tertiary/aromatic N) is 1. The largest absolute Gasteiger partial charge is 0.348 e. The van der Waals surface area contributed by atoms with Crippen LogP contribution in [0.2, 0.25) is 0 Å². The molecule has 4 nitrogen and oxygen atoms in total. The molecular weight excluding hydrogens is 144 g/mol. The van der Waals surface area contributed by atoms with Gasteiger partial charge in [-0.15, -0.1) is 0 Å². The van der Waals surface area contributed by atoms with E-state index in [9.17, 15) is 4.79 Å². The Bertz CT molecular complexity index is 183. The van der Waals surface area contributed by atoms with E-state index in [2.05, 4.69) is 5.43 Å². The van der Waals surface area contributed by atoms with Crippen molar-refractivity contribution in [3.8, 4) is 0 Å². The van der Waals surface area contributed by atoms with Crippen LogP contribution in [0.25, 0.3) is 0 Å². The fourth-order valence-corrected chi connectivity index (χ4v) is 1.60. The zero-order valence-corrected chi connectivity index (χ0v) is 6.54. The van der Waals surface area contributed by atoms with Crippen LogP contribution in [-0.2, 0) is 9.53 Å².